The molecule has 1 N–H and O–H groups in total. The number of benzene rings is 4. The van der Waals surface area contributed by atoms with Gasteiger partial charge in [0.2, 0.25) is 0 Å². The van der Waals surface area contributed by atoms with E-state index in [9.17, 15) is 19.1 Å². The van der Waals surface area contributed by atoms with Crippen LogP contribution in [0.1, 0.15) is 43.4 Å². The summed E-state index contributed by atoms with van der Waals surface area (Å²) in [4.78, 5) is 26.9. The Morgan fingerprint density at radius 1 is 0.896 bits per heavy atom. The van der Waals surface area contributed by atoms with Gasteiger partial charge in [0.1, 0.15) is 29.5 Å². The van der Waals surface area contributed by atoms with Crippen LogP contribution in [-0.2, 0) is 17.6 Å². The third-order valence-electron chi connectivity index (χ3n) is 7.59. The predicted octanol–water partition coefficient (Wildman–Crippen LogP) is 5.20. The second-order valence-electron chi connectivity index (χ2n) is 11.5. The SMILES string of the molecule is CC(C)c1ccc(OC(C)(Cc2ccc(OCCN(CCc3c(F)cccc3Cl)C(=O)Nc3cccc(Cl)c3Cl)cc2)C(=O)[O-])cc1.[Na+]. The van der Waals surface area contributed by atoms with Crippen molar-refractivity contribution in [2.45, 2.75) is 45.1 Å². The van der Waals surface area contributed by atoms with Crippen molar-refractivity contribution >= 4 is 52.5 Å². The molecule has 4 rings (SSSR count). The van der Waals surface area contributed by atoms with Crippen LogP contribution in [0, 0.1) is 5.82 Å². The van der Waals surface area contributed by atoms with Gasteiger partial charge in [-0.3, -0.25) is 0 Å². The minimum atomic E-state index is -1.61. The number of carboxylic acid groups (broad SMARTS) is 1. The van der Waals surface area contributed by atoms with E-state index in [-0.39, 0.29) is 77.2 Å². The van der Waals surface area contributed by atoms with E-state index in [0.29, 0.717) is 34.2 Å². The minimum absolute atomic E-state index is 0. The number of hydrogen-bond acceptors (Lipinski definition) is 5. The van der Waals surface area contributed by atoms with Crippen LogP contribution in [0.4, 0.5) is 14.9 Å². The van der Waals surface area contributed by atoms with Gasteiger partial charge in [-0.25, -0.2) is 9.18 Å². The molecule has 1 unspecified atom stereocenters. The molecular weight excluding hydrogens is 689 g/mol. The van der Waals surface area contributed by atoms with Gasteiger partial charge < -0.3 is 29.6 Å². The number of anilines is 1. The van der Waals surface area contributed by atoms with Crippen molar-refractivity contribution in [2.75, 3.05) is 25.0 Å². The summed E-state index contributed by atoms with van der Waals surface area (Å²) >= 11 is 18.6. The number of carbonyl (C=O) groups is 2. The van der Waals surface area contributed by atoms with Crippen LogP contribution in [0.2, 0.25) is 15.1 Å². The Balaban J connectivity index is 0.00000625. The monoisotopic (exact) mass is 722 g/mol. The number of hydrogen-bond donors (Lipinski definition) is 1. The maximum Gasteiger partial charge on any atom is 1.00 e. The maximum absolute atomic E-state index is 14.4. The van der Waals surface area contributed by atoms with E-state index >= 15 is 0 Å². The van der Waals surface area contributed by atoms with Crippen LogP contribution in [-0.4, -0.2) is 42.2 Å². The van der Waals surface area contributed by atoms with Crippen LogP contribution in [0.25, 0.3) is 0 Å². The van der Waals surface area contributed by atoms with Gasteiger partial charge in [0, 0.05) is 23.6 Å². The molecule has 4 aromatic carbocycles. The maximum atomic E-state index is 14.4. The molecule has 0 aliphatic carbocycles. The number of nitrogens with one attached hydrogen (secondary N) is 1. The quantitative estimate of drug-likeness (QED) is 0.181. The number of halogens is 4. The molecule has 2 amide bonds. The van der Waals surface area contributed by atoms with E-state index in [4.69, 9.17) is 44.3 Å². The van der Waals surface area contributed by atoms with Crippen molar-refractivity contribution in [3.8, 4) is 11.5 Å². The zero-order valence-corrected chi connectivity index (χ0v) is 31.5. The molecule has 0 saturated carbocycles. The number of amides is 2. The van der Waals surface area contributed by atoms with Crippen LogP contribution in [0.5, 0.6) is 11.5 Å². The summed E-state index contributed by atoms with van der Waals surface area (Å²) in [5.74, 6) is -0.520. The van der Waals surface area contributed by atoms with E-state index < -0.39 is 23.4 Å². The van der Waals surface area contributed by atoms with Crippen LogP contribution in [0.15, 0.2) is 84.9 Å². The number of aliphatic carboxylic acids is 1. The largest absolute Gasteiger partial charge is 1.00 e. The summed E-state index contributed by atoms with van der Waals surface area (Å²) in [6.45, 7) is 6.01. The van der Waals surface area contributed by atoms with Gasteiger partial charge in [0.05, 0.1) is 28.2 Å². The topological polar surface area (TPSA) is 90.9 Å². The minimum Gasteiger partial charge on any atom is -0.546 e. The molecule has 0 aliphatic heterocycles. The zero-order valence-electron chi connectivity index (χ0n) is 27.2. The molecule has 48 heavy (non-hydrogen) atoms. The first-order valence-electron chi connectivity index (χ1n) is 15.0. The number of nitrogens with zero attached hydrogens (tertiary/aromatic N) is 1. The Morgan fingerprint density at radius 2 is 1.52 bits per heavy atom. The molecule has 1 atom stereocenters. The third-order valence-corrected chi connectivity index (χ3v) is 8.76. The Kier molecular flexibility index (Phi) is 14.9. The summed E-state index contributed by atoms with van der Waals surface area (Å²) in [5, 5.41) is 15.6. The summed E-state index contributed by atoms with van der Waals surface area (Å²) in [7, 11) is 0. The molecule has 0 heterocycles. The van der Waals surface area contributed by atoms with Gasteiger partial charge in [-0.05, 0) is 78.9 Å². The molecular formula is C36H35Cl3FN2NaO5. The van der Waals surface area contributed by atoms with Crippen LogP contribution >= 0.6 is 34.8 Å². The molecule has 0 saturated heterocycles. The van der Waals surface area contributed by atoms with E-state index in [0.717, 1.165) is 5.56 Å². The Bertz CT molecular complexity index is 1670. The average Bonchev–Trinajstić information content (AvgIpc) is 3.03. The number of urea groups is 1. The summed E-state index contributed by atoms with van der Waals surface area (Å²) in [6, 6.07) is 23.1. The van der Waals surface area contributed by atoms with Crippen molar-refractivity contribution in [1.82, 2.24) is 4.90 Å². The van der Waals surface area contributed by atoms with E-state index in [1.807, 2.05) is 12.1 Å². The second kappa shape index (κ2) is 18.1. The second-order valence-corrected chi connectivity index (χ2v) is 12.7. The molecule has 4 aromatic rings. The smallest absolute Gasteiger partial charge is 0.546 e. The van der Waals surface area contributed by atoms with Crippen molar-refractivity contribution in [2.24, 2.45) is 0 Å². The first-order valence-corrected chi connectivity index (χ1v) is 16.1. The van der Waals surface area contributed by atoms with Gasteiger partial charge in [-0.15, -0.1) is 0 Å². The fraction of sp³-hybridized carbons (Fsp3) is 0.278. The predicted molar refractivity (Wildman–Crippen MR) is 182 cm³/mol. The molecule has 0 radical (unpaired) electrons. The molecule has 248 valence electrons. The zero-order chi connectivity index (χ0) is 34.1. The van der Waals surface area contributed by atoms with Crippen molar-refractivity contribution in [3.05, 3.63) is 123 Å². The first-order chi connectivity index (χ1) is 22.4. The standard InChI is InChI=1S/C36H36Cl3FN2O5.Na/c1-23(2)25-12-16-27(17-13-25)47-36(3,34(43)44)22-24-10-14-26(15-11-24)46-21-20-42(19-18-28-29(37)6-4-8-31(28)40)35(45)41-32-9-5-7-30(38)33(32)39;/h4-17,23H,18-22H2,1-3H3,(H,41,45)(H,43,44);/q;+1/p-1. The number of ether oxygens (including phenoxy) is 2. The molecule has 0 spiro atoms. The van der Waals surface area contributed by atoms with Crippen LogP contribution in [0.3, 0.4) is 0 Å². The summed E-state index contributed by atoms with van der Waals surface area (Å²) in [5.41, 5.74) is 0.831. The fourth-order valence-corrected chi connectivity index (χ4v) is 5.43. The Hall–Kier alpha value is -2.98. The van der Waals surface area contributed by atoms with E-state index in [1.165, 1.54) is 24.0 Å². The Labute approximate surface area is 317 Å². The van der Waals surface area contributed by atoms with Gasteiger partial charge >= 0.3 is 35.6 Å². The normalized spacial score (nSPS) is 12.1. The number of carboxylic acids is 1. The average molecular weight is 724 g/mol. The summed E-state index contributed by atoms with van der Waals surface area (Å²) in [6.07, 6.45) is 0.220. The van der Waals surface area contributed by atoms with Crippen LogP contribution < -0.4 is 49.5 Å². The van der Waals surface area contributed by atoms with Gasteiger partial charge in [0.15, 0.2) is 0 Å². The van der Waals surface area contributed by atoms with Gasteiger partial charge in [0.25, 0.3) is 0 Å². The summed E-state index contributed by atoms with van der Waals surface area (Å²) < 4.78 is 26.2. The number of carbonyl (C=O) groups excluding carboxylic acids is 2. The molecule has 0 fully saturated rings. The molecule has 7 nitrogen and oxygen atoms in total. The van der Waals surface area contributed by atoms with E-state index in [1.54, 1.807) is 60.7 Å². The van der Waals surface area contributed by atoms with Gasteiger partial charge in [-0.2, -0.15) is 0 Å². The fourth-order valence-electron chi connectivity index (χ4n) is 4.82. The molecule has 0 aliphatic rings. The third kappa shape index (κ3) is 10.8. The molecule has 0 bridgehead atoms. The van der Waals surface area contributed by atoms with Gasteiger partial charge in [-0.1, -0.05) is 85.0 Å². The number of rotatable bonds is 14. The van der Waals surface area contributed by atoms with Crippen molar-refractivity contribution in [3.63, 3.8) is 0 Å². The van der Waals surface area contributed by atoms with Crippen molar-refractivity contribution in [1.29, 1.82) is 0 Å². The molecule has 0 aromatic heterocycles. The Morgan fingerprint density at radius 3 is 2.15 bits per heavy atom. The van der Waals surface area contributed by atoms with E-state index in [2.05, 4.69) is 19.2 Å². The first kappa shape index (κ1) is 39.5. The van der Waals surface area contributed by atoms with Crippen molar-refractivity contribution < 1.29 is 58.1 Å². The molecule has 12 heteroatoms.